The molecule has 0 N–H and O–H groups in total. The first-order valence-corrected chi connectivity index (χ1v) is 4.28. The predicted octanol–water partition coefficient (Wildman–Crippen LogP) is 1.14. The lowest BCUT2D eigenvalue weighted by molar-refractivity contribution is -0.147. The largest absolute Gasteiger partial charge is 0.468 e. The molecule has 2 atom stereocenters. The second-order valence-electron chi connectivity index (χ2n) is 3.32. The molecule has 0 heterocycles. The van der Waals surface area contributed by atoms with Crippen LogP contribution >= 0.6 is 0 Å². The van der Waals surface area contributed by atoms with Gasteiger partial charge in [-0.05, 0) is 20.0 Å². The summed E-state index contributed by atoms with van der Waals surface area (Å²) in [6.07, 6.45) is 0.984. The van der Waals surface area contributed by atoms with Gasteiger partial charge >= 0.3 is 5.97 Å². The lowest BCUT2D eigenvalue weighted by atomic mass is 9.98. The fraction of sp³-hybridized carbons (Fsp3) is 0.889. The first kappa shape index (κ1) is 11.4. The van der Waals surface area contributed by atoms with Gasteiger partial charge in [0.1, 0.15) is 6.04 Å². The maximum absolute atomic E-state index is 11.3. The molecule has 0 saturated carbocycles. The van der Waals surface area contributed by atoms with E-state index in [1.165, 1.54) is 7.11 Å². The van der Waals surface area contributed by atoms with Crippen molar-refractivity contribution in [1.82, 2.24) is 4.90 Å². The Labute approximate surface area is 74.7 Å². The third kappa shape index (κ3) is 2.81. The molecule has 3 heteroatoms. The Balaban J connectivity index is 4.32. The maximum atomic E-state index is 11.3. The van der Waals surface area contributed by atoms with Crippen molar-refractivity contribution >= 4 is 5.97 Å². The van der Waals surface area contributed by atoms with Crippen LogP contribution in [-0.2, 0) is 9.53 Å². The second kappa shape index (κ2) is 5.14. The highest BCUT2D eigenvalue weighted by Crippen LogP contribution is 2.13. The zero-order valence-electron chi connectivity index (χ0n) is 8.63. The van der Waals surface area contributed by atoms with Crippen LogP contribution in [0.25, 0.3) is 0 Å². The van der Waals surface area contributed by atoms with Crippen molar-refractivity contribution < 1.29 is 9.53 Å². The highest BCUT2D eigenvalue weighted by molar-refractivity contribution is 5.75. The molecule has 0 aromatic rings. The number of carbonyl (C=O) groups excluding carboxylic acids is 1. The Morgan fingerprint density at radius 3 is 2.25 bits per heavy atom. The van der Waals surface area contributed by atoms with Crippen LogP contribution in [0.3, 0.4) is 0 Å². The molecule has 0 bridgehead atoms. The van der Waals surface area contributed by atoms with Crippen LogP contribution in [0, 0.1) is 5.92 Å². The van der Waals surface area contributed by atoms with E-state index in [0.29, 0.717) is 5.92 Å². The summed E-state index contributed by atoms with van der Waals surface area (Å²) in [7, 11) is 5.22. The monoisotopic (exact) mass is 173 g/mol. The molecule has 12 heavy (non-hydrogen) atoms. The molecule has 0 radical (unpaired) electrons. The highest BCUT2D eigenvalue weighted by atomic mass is 16.5. The molecule has 0 saturated heterocycles. The molecular formula is C9H19NO2. The molecule has 0 rings (SSSR count). The van der Waals surface area contributed by atoms with Gasteiger partial charge in [0.2, 0.25) is 0 Å². The Kier molecular flexibility index (Phi) is 4.90. The number of hydrogen-bond donors (Lipinski definition) is 0. The van der Waals surface area contributed by atoms with Crippen molar-refractivity contribution in [3.8, 4) is 0 Å². The Hall–Kier alpha value is -0.570. The van der Waals surface area contributed by atoms with Gasteiger partial charge in [0, 0.05) is 0 Å². The van der Waals surface area contributed by atoms with Gasteiger partial charge in [-0.25, -0.2) is 0 Å². The molecule has 0 aliphatic heterocycles. The van der Waals surface area contributed by atoms with Crippen LogP contribution in [-0.4, -0.2) is 38.1 Å². The summed E-state index contributed by atoms with van der Waals surface area (Å²) >= 11 is 0. The summed E-state index contributed by atoms with van der Waals surface area (Å²) in [5.41, 5.74) is 0. The Morgan fingerprint density at radius 1 is 1.50 bits per heavy atom. The minimum Gasteiger partial charge on any atom is -0.468 e. The van der Waals surface area contributed by atoms with Crippen molar-refractivity contribution in [2.45, 2.75) is 26.3 Å². The van der Waals surface area contributed by atoms with Crippen molar-refractivity contribution in [1.29, 1.82) is 0 Å². The first-order valence-electron chi connectivity index (χ1n) is 4.28. The molecule has 3 nitrogen and oxygen atoms in total. The predicted molar refractivity (Wildman–Crippen MR) is 48.9 cm³/mol. The molecule has 0 aliphatic carbocycles. The topological polar surface area (TPSA) is 29.5 Å². The Bertz CT molecular complexity index is 145. The third-order valence-corrected chi connectivity index (χ3v) is 2.18. The SMILES string of the molecule is CCC(C)[C@@H](C(=O)OC)N(C)C. The van der Waals surface area contributed by atoms with E-state index in [1.807, 2.05) is 19.0 Å². The normalized spacial score (nSPS) is 15.8. The number of esters is 1. The van der Waals surface area contributed by atoms with Gasteiger partial charge in [-0.3, -0.25) is 9.69 Å². The number of likely N-dealkylation sites (N-methyl/N-ethyl adjacent to an activating group) is 1. The van der Waals surface area contributed by atoms with E-state index in [-0.39, 0.29) is 12.0 Å². The van der Waals surface area contributed by atoms with Gasteiger partial charge in [-0.2, -0.15) is 0 Å². The number of methoxy groups -OCH3 is 1. The standard InChI is InChI=1S/C9H19NO2/c1-6-7(2)8(10(3)4)9(11)12-5/h7-8H,6H2,1-5H3/t7?,8-/m0/s1. The zero-order valence-corrected chi connectivity index (χ0v) is 8.63. The van der Waals surface area contributed by atoms with Crippen LogP contribution in [0.2, 0.25) is 0 Å². The molecule has 0 amide bonds. The average Bonchev–Trinajstić information content (AvgIpc) is 2.03. The molecule has 0 aromatic carbocycles. The highest BCUT2D eigenvalue weighted by Gasteiger charge is 2.26. The van der Waals surface area contributed by atoms with Crippen molar-refractivity contribution in [2.24, 2.45) is 5.92 Å². The van der Waals surface area contributed by atoms with Crippen molar-refractivity contribution in [3.05, 3.63) is 0 Å². The van der Waals surface area contributed by atoms with E-state index >= 15 is 0 Å². The summed E-state index contributed by atoms with van der Waals surface area (Å²) in [6.45, 7) is 4.13. The number of hydrogen-bond acceptors (Lipinski definition) is 3. The van der Waals surface area contributed by atoms with Crippen molar-refractivity contribution in [2.75, 3.05) is 21.2 Å². The van der Waals surface area contributed by atoms with Crippen molar-refractivity contribution in [3.63, 3.8) is 0 Å². The van der Waals surface area contributed by atoms with E-state index in [1.54, 1.807) is 0 Å². The van der Waals surface area contributed by atoms with Crippen LogP contribution < -0.4 is 0 Å². The summed E-state index contributed by atoms with van der Waals surface area (Å²) < 4.78 is 4.72. The summed E-state index contributed by atoms with van der Waals surface area (Å²) in [5, 5.41) is 0. The van der Waals surface area contributed by atoms with E-state index in [0.717, 1.165) is 6.42 Å². The lowest BCUT2D eigenvalue weighted by Crippen LogP contribution is -2.41. The van der Waals surface area contributed by atoms with Gasteiger partial charge in [0.15, 0.2) is 0 Å². The van der Waals surface area contributed by atoms with E-state index in [9.17, 15) is 4.79 Å². The molecule has 0 spiro atoms. The molecule has 1 unspecified atom stereocenters. The zero-order chi connectivity index (χ0) is 9.72. The Morgan fingerprint density at radius 2 is 2.00 bits per heavy atom. The van der Waals surface area contributed by atoms with E-state index in [2.05, 4.69) is 13.8 Å². The van der Waals surface area contributed by atoms with E-state index < -0.39 is 0 Å². The second-order valence-corrected chi connectivity index (χ2v) is 3.32. The number of carbonyl (C=O) groups is 1. The van der Waals surface area contributed by atoms with E-state index in [4.69, 9.17) is 4.74 Å². The quantitative estimate of drug-likeness (QED) is 0.597. The molecule has 0 aromatic heterocycles. The lowest BCUT2D eigenvalue weighted by Gasteiger charge is -2.26. The first-order chi connectivity index (χ1) is 5.54. The molecule has 0 fully saturated rings. The number of rotatable bonds is 4. The minimum atomic E-state index is -0.144. The van der Waals surface area contributed by atoms with Gasteiger partial charge in [-0.1, -0.05) is 20.3 Å². The average molecular weight is 173 g/mol. The number of ether oxygens (including phenoxy) is 1. The van der Waals surface area contributed by atoms with Crippen LogP contribution in [0.1, 0.15) is 20.3 Å². The van der Waals surface area contributed by atoms with Crippen LogP contribution in [0.4, 0.5) is 0 Å². The summed E-state index contributed by atoms with van der Waals surface area (Å²) in [6, 6.07) is -0.111. The van der Waals surface area contributed by atoms with Gasteiger partial charge in [0.05, 0.1) is 7.11 Å². The summed E-state index contributed by atoms with van der Waals surface area (Å²) in [4.78, 5) is 13.2. The maximum Gasteiger partial charge on any atom is 0.323 e. The third-order valence-electron chi connectivity index (χ3n) is 2.18. The number of nitrogens with zero attached hydrogens (tertiary/aromatic N) is 1. The summed E-state index contributed by atoms with van der Waals surface area (Å²) in [5.74, 6) is 0.196. The van der Waals surface area contributed by atoms with Crippen LogP contribution in [0.15, 0.2) is 0 Å². The van der Waals surface area contributed by atoms with Crippen LogP contribution in [0.5, 0.6) is 0 Å². The van der Waals surface area contributed by atoms with Gasteiger partial charge in [0.25, 0.3) is 0 Å². The van der Waals surface area contributed by atoms with Gasteiger partial charge < -0.3 is 4.74 Å². The smallest absolute Gasteiger partial charge is 0.323 e. The fourth-order valence-corrected chi connectivity index (χ4v) is 1.30. The molecule has 72 valence electrons. The minimum absolute atomic E-state index is 0.111. The fourth-order valence-electron chi connectivity index (χ4n) is 1.30. The molecule has 0 aliphatic rings. The molecular weight excluding hydrogens is 154 g/mol. The van der Waals surface area contributed by atoms with Gasteiger partial charge in [-0.15, -0.1) is 0 Å².